The molecule has 0 spiro atoms. The lowest BCUT2D eigenvalue weighted by atomic mass is 9.93. The van der Waals surface area contributed by atoms with Gasteiger partial charge in [0.1, 0.15) is 11.5 Å². The highest BCUT2D eigenvalue weighted by atomic mass is 35.5. The van der Waals surface area contributed by atoms with Crippen LogP contribution in [0.3, 0.4) is 0 Å². The van der Waals surface area contributed by atoms with E-state index in [1.54, 1.807) is 54.9 Å². The molecule has 180 valence electrons. The van der Waals surface area contributed by atoms with Crippen molar-refractivity contribution in [2.24, 2.45) is 0 Å². The molecule has 8 heteroatoms. The van der Waals surface area contributed by atoms with E-state index in [4.69, 9.17) is 27.9 Å². The highest BCUT2D eigenvalue weighted by Crippen LogP contribution is 2.42. The van der Waals surface area contributed by atoms with Crippen LogP contribution >= 0.6 is 23.2 Å². The first-order valence-electron chi connectivity index (χ1n) is 11.1. The number of halogens is 2. The molecule has 1 N–H and O–H groups in total. The molecule has 0 radical (unpaired) electrons. The molecule has 1 aliphatic rings. The molecule has 1 atom stereocenters. The number of Topliss-reactive ketones (excluding diaryl/α,β-unsaturated/α-hetero) is 1. The Bertz CT molecular complexity index is 1320. The highest BCUT2D eigenvalue weighted by molar-refractivity contribution is 6.46. The summed E-state index contributed by atoms with van der Waals surface area (Å²) in [6.45, 7) is 5.77. The summed E-state index contributed by atoms with van der Waals surface area (Å²) in [5.74, 6) is -1.11. The van der Waals surface area contributed by atoms with Gasteiger partial charge in [-0.3, -0.25) is 14.6 Å². The molecule has 1 fully saturated rings. The Morgan fingerprint density at radius 2 is 1.89 bits per heavy atom. The number of likely N-dealkylation sites (tertiary alicyclic amines) is 1. The van der Waals surface area contributed by atoms with Crippen LogP contribution in [0.5, 0.6) is 5.75 Å². The first kappa shape index (κ1) is 24.8. The van der Waals surface area contributed by atoms with E-state index in [2.05, 4.69) is 4.98 Å². The van der Waals surface area contributed by atoms with E-state index in [-0.39, 0.29) is 29.0 Å². The van der Waals surface area contributed by atoms with E-state index < -0.39 is 17.7 Å². The lowest BCUT2D eigenvalue weighted by molar-refractivity contribution is -0.140. The molecule has 0 saturated carbocycles. The van der Waals surface area contributed by atoms with Gasteiger partial charge in [0.25, 0.3) is 11.7 Å². The van der Waals surface area contributed by atoms with Crippen LogP contribution in [0.2, 0.25) is 10.0 Å². The van der Waals surface area contributed by atoms with Crippen molar-refractivity contribution in [3.8, 4) is 5.75 Å². The molecule has 0 bridgehead atoms. The average molecular weight is 511 g/mol. The monoisotopic (exact) mass is 510 g/mol. The molecule has 4 rings (SSSR count). The van der Waals surface area contributed by atoms with Crippen LogP contribution in [0, 0.1) is 6.92 Å². The molecule has 0 aliphatic carbocycles. The SMILES string of the molecule is Cc1cc(OC(C)C)ccc1/C(O)=C1\C(=O)C(=O)N(Cc2cccnc2)C1c1ccc(Cl)c(Cl)c1. The van der Waals surface area contributed by atoms with Crippen LogP contribution < -0.4 is 4.74 Å². The van der Waals surface area contributed by atoms with E-state index in [1.165, 1.54) is 4.90 Å². The van der Waals surface area contributed by atoms with Gasteiger partial charge < -0.3 is 14.7 Å². The molecule has 1 amide bonds. The van der Waals surface area contributed by atoms with E-state index in [0.29, 0.717) is 27.5 Å². The number of nitrogens with zero attached hydrogens (tertiary/aromatic N) is 2. The van der Waals surface area contributed by atoms with Gasteiger partial charge in [0.05, 0.1) is 27.8 Å². The molecule has 1 aliphatic heterocycles. The Kier molecular flexibility index (Phi) is 7.15. The number of aliphatic hydroxyl groups excluding tert-OH is 1. The Hall–Kier alpha value is -3.35. The summed E-state index contributed by atoms with van der Waals surface area (Å²) in [5.41, 5.74) is 2.42. The maximum Gasteiger partial charge on any atom is 0.295 e. The molecule has 35 heavy (non-hydrogen) atoms. The van der Waals surface area contributed by atoms with E-state index in [1.807, 2.05) is 26.8 Å². The van der Waals surface area contributed by atoms with E-state index in [9.17, 15) is 14.7 Å². The number of ether oxygens (including phenoxy) is 1. The number of hydrogen-bond donors (Lipinski definition) is 1. The number of carbonyl (C=O) groups is 2. The topological polar surface area (TPSA) is 79.7 Å². The number of rotatable bonds is 6. The summed E-state index contributed by atoms with van der Waals surface area (Å²) < 4.78 is 5.73. The van der Waals surface area contributed by atoms with Gasteiger partial charge in [0, 0.05) is 24.5 Å². The van der Waals surface area contributed by atoms with Gasteiger partial charge in [-0.2, -0.15) is 0 Å². The minimum absolute atomic E-state index is 0.0127. The summed E-state index contributed by atoms with van der Waals surface area (Å²) in [6, 6.07) is 12.8. The Balaban J connectivity index is 1.86. The number of aromatic nitrogens is 1. The fourth-order valence-corrected chi connectivity index (χ4v) is 4.46. The van der Waals surface area contributed by atoms with Gasteiger partial charge >= 0.3 is 0 Å². The first-order valence-corrected chi connectivity index (χ1v) is 11.8. The van der Waals surface area contributed by atoms with Crippen molar-refractivity contribution < 1.29 is 19.4 Å². The van der Waals surface area contributed by atoms with Gasteiger partial charge in [0.2, 0.25) is 0 Å². The average Bonchev–Trinajstić information content (AvgIpc) is 3.06. The zero-order valence-electron chi connectivity index (χ0n) is 19.5. The van der Waals surface area contributed by atoms with Crippen molar-refractivity contribution in [2.75, 3.05) is 0 Å². The second kappa shape index (κ2) is 10.1. The number of hydrogen-bond acceptors (Lipinski definition) is 5. The smallest absolute Gasteiger partial charge is 0.295 e. The van der Waals surface area contributed by atoms with E-state index in [0.717, 1.165) is 5.56 Å². The van der Waals surface area contributed by atoms with Crippen LogP contribution in [0.25, 0.3) is 5.76 Å². The van der Waals surface area contributed by atoms with Crippen molar-refractivity contribution >= 4 is 40.7 Å². The van der Waals surface area contributed by atoms with Gasteiger partial charge in [-0.15, -0.1) is 0 Å². The quantitative estimate of drug-likeness (QED) is 0.246. The number of aliphatic hydroxyl groups is 1. The van der Waals surface area contributed by atoms with Crippen LogP contribution in [-0.4, -0.2) is 32.8 Å². The maximum atomic E-state index is 13.3. The standard InChI is InChI=1S/C27H24Cl2N2O4/c1-15(2)35-19-7-8-20(16(3)11-19)25(32)23-24(18-6-9-21(28)22(29)12-18)31(27(34)26(23)33)14-17-5-4-10-30-13-17/h4-13,15,24,32H,14H2,1-3H3/b25-23+. The molecule has 2 heterocycles. The number of pyridine rings is 1. The largest absolute Gasteiger partial charge is 0.507 e. The maximum absolute atomic E-state index is 13.3. The van der Waals surface area contributed by atoms with Gasteiger partial charge in [0.15, 0.2) is 0 Å². The zero-order valence-corrected chi connectivity index (χ0v) is 21.0. The van der Waals surface area contributed by atoms with Gasteiger partial charge in [-0.05, 0) is 73.9 Å². The molecular formula is C27H24Cl2N2O4. The third-order valence-corrected chi connectivity index (χ3v) is 6.44. The van der Waals surface area contributed by atoms with Crippen molar-refractivity contribution in [1.29, 1.82) is 0 Å². The Labute approximate surface area is 213 Å². The predicted octanol–water partition coefficient (Wildman–Crippen LogP) is 6.11. The number of ketones is 1. The number of amides is 1. The molecule has 1 aromatic heterocycles. The molecular weight excluding hydrogens is 487 g/mol. The van der Waals surface area contributed by atoms with Crippen molar-refractivity contribution in [2.45, 2.75) is 39.5 Å². The van der Waals surface area contributed by atoms with Crippen LogP contribution in [0.4, 0.5) is 0 Å². The third-order valence-electron chi connectivity index (χ3n) is 5.70. The number of benzene rings is 2. The minimum atomic E-state index is -0.865. The van der Waals surface area contributed by atoms with Crippen LogP contribution in [-0.2, 0) is 16.1 Å². The van der Waals surface area contributed by atoms with Crippen molar-refractivity contribution in [3.63, 3.8) is 0 Å². The molecule has 6 nitrogen and oxygen atoms in total. The summed E-state index contributed by atoms with van der Waals surface area (Å²) in [7, 11) is 0. The molecule has 2 aromatic carbocycles. The highest BCUT2D eigenvalue weighted by Gasteiger charge is 2.46. The summed E-state index contributed by atoms with van der Waals surface area (Å²) >= 11 is 12.4. The molecule has 3 aromatic rings. The second-order valence-corrected chi connectivity index (χ2v) is 9.42. The fourth-order valence-electron chi connectivity index (χ4n) is 4.15. The van der Waals surface area contributed by atoms with Crippen molar-refractivity contribution in [1.82, 2.24) is 9.88 Å². The Morgan fingerprint density at radius 1 is 1.11 bits per heavy atom. The number of aryl methyl sites for hydroxylation is 1. The van der Waals surface area contributed by atoms with Crippen molar-refractivity contribution in [3.05, 3.63) is 98.8 Å². The minimum Gasteiger partial charge on any atom is -0.507 e. The lowest BCUT2D eigenvalue weighted by Gasteiger charge is -2.25. The summed E-state index contributed by atoms with van der Waals surface area (Å²) in [4.78, 5) is 32.0. The normalized spacial score (nSPS) is 17.3. The first-order chi connectivity index (χ1) is 16.7. The lowest BCUT2D eigenvalue weighted by Crippen LogP contribution is -2.29. The number of carbonyl (C=O) groups excluding carboxylic acids is 2. The summed E-state index contributed by atoms with van der Waals surface area (Å²) in [5, 5.41) is 12.0. The molecule has 1 saturated heterocycles. The fraction of sp³-hybridized carbons (Fsp3) is 0.222. The van der Waals surface area contributed by atoms with E-state index >= 15 is 0 Å². The van der Waals surface area contributed by atoms with Crippen LogP contribution in [0.1, 0.15) is 42.1 Å². The Morgan fingerprint density at radius 3 is 2.51 bits per heavy atom. The third kappa shape index (κ3) is 5.04. The van der Waals surface area contributed by atoms with Gasteiger partial charge in [-0.1, -0.05) is 35.3 Å². The molecule has 1 unspecified atom stereocenters. The summed E-state index contributed by atoms with van der Waals surface area (Å²) in [6.07, 6.45) is 3.24. The second-order valence-electron chi connectivity index (χ2n) is 8.61. The predicted molar refractivity (Wildman–Crippen MR) is 135 cm³/mol. The van der Waals surface area contributed by atoms with Gasteiger partial charge in [-0.25, -0.2) is 0 Å². The van der Waals surface area contributed by atoms with Crippen LogP contribution in [0.15, 0.2) is 66.5 Å². The zero-order chi connectivity index (χ0) is 25.3.